The van der Waals surface area contributed by atoms with Gasteiger partial charge in [0.25, 0.3) is 0 Å². The van der Waals surface area contributed by atoms with Crippen LogP contribution in [0.3, 0.4) is 0 Å². The summed E-state index contributed by atoms with van der Waals surface area (Å²) in [6.07, 6.45) is 0.887. The van der Waals surface area contributed by atoms with Crippen molar-refractivity contribution in [2.75, 3.05) is 31.1 Å². The van der Waals surface area contributed by atoms with Gasteiger partial charge in [-0.1, -0.05) is 18.2 Å². The van der Waals surface area contributed by atoms with Gasteiger partial charge < -0.3 is 14.7 Å². The van der Waals surface area contributed by atoms with Crippen LogP contribution in [0.2, 0.25) is 6.82 Å². The number of hydrogen-bond donors (Lipinski definition) is 1. The molecule has 7 heteroatoms. The smallest absolute Gasteiger partial charge is 0.376 e. The fourth-order valence-electron chi connectivity index (χ4n) is 3.03. The normalized spacial score (nSPS) is 15.7. The first-order valence-corrected chi connectivity index (χ1v) is 7.89. The van der Waals surface area contributed by atoms with Crippen LogP contribution < -0.4 is 4.90 Å². The van der Waals surface area contributed by atoms with E-state index in [0.717, 1.165) is 49.7 Å². The van der Waals surface area contributed by atoms with E-state index in [9.17, 15) is 9.82 Å². The highest BCUT2D eigenvalue weighted by molar-refractivity contribution is 6.45. The second-order valence-electron chi connectivity index (χ2n) is 5.84. The van der Waals surface area contributed by atoms with Gasteiger partial charge in [-0.25, -0.2) is 4.68 Å². The van der Waals surface area contributed by atoms with Crippen LogP contribution in [0.25, 0.3) is 5.69 Å². The summed E-state index contributed by atoms with van der Waals surface area (Å²) in [6, 6.07) is 9.85. The SMILES string of the molecule is CB(O)N1CCN(c2c(C=O)c(C)nn2-c2ccccc2)CC1. The molecule has 0 spiro atoms. The lowest BCUT2D eigenvalue weighted by molar-refractivity contribution is 0.112. The summed E-state index contributed by atoms with van der Waals surface area (Å²) < 4.78 is 1.84. The Balaban J connectivity index is 1.97. The van der Waals surface area contributed by atoms with E-state index in [1.807, 2.05) is 46.7 Å². The van der Waals surface area contributed by atoms with Crippen molar-refractivity contribution in [2.24, 2.45) is 0 Å². The first-order valence-electron chi connectivity index (χ1n) is 7.89. The van der Waals surface area contributed by atoms with Gasteiger partial charge in [-0.2, -0.15) is 5.10 Å². The predicted molar refractivity (Wildman–Crippen MR) is 91.3 cm³/mol. The second kappa shape index (κ2) is 6.56. The summed E-state index contributed by atoms with van der Waals surface area (Å²) in [7, 11) is -0.441. The van der Waals surface area contributed by atoms with Gasteiger partial charge in [0, 0.05) is 26.2 Å². The number of aldehydes is 1. The molecule has 120 valence electrons. The molecule has 0 aliphatic carbocycles. The van der Waals surface area contributed by atoms with E-state index in [-0.39, 0.29) is 0 Å². The number of carbonyl (C=O) groups is 1. The van der Waals surface area contributed by atoms with Gasteiger partial charge in [0.1, 0.15) is 5.82 Å². The van der Waals surface area contributed by atoms with E-state index in [4.69, 9.17) is 0 Å². The lowest BCUT2D eigenvalue weighted by Crippen LogP contribution is -2.52. The largest absolute Gasteiger partial charge is 0.437 e. The zero-order valence-electron chi connectivity index (χ0n) is 13.5. The average molecular weight is 312 g/mol. The Kier molecular flexibility index (Phi) is 4.50. The molecule has 2 heterocycles. The molecule has 1 N–H and O–H groups in total. The maximum absolute atomic E-state index is 11.6. The summed E-state index contributed by atoms with van der Waals surface area (Å²) in [6.45, 7) is 6.67. The molecule has 1 aliphatic rings. The van der Waals surface area contributed by atoms with Crippen molar-refractivity contribution in [3.63, 3.8) is 0 Å². The summed E-state index contributed by atoms with van der Waals surface area (Å²) in [5.74, 6) is 0.842. The van der Waals surface area contributed by atoms with Gasteiger partial charge in [-0.05, 0) is 25.9 Å². The molecule has 0 bridgehead atoms. The van der Waals surface area contributed by atoms with Crippen LogP contribution in [0, 0.1) is 6.92 Å². The lowest BCUT2D eigenvalue weighted by Gasteiger charge is -2.36. The molecule has 1 aromatic heterocycles. The van der Waals surface area contributed by atoms with Gasteiger partial charge in [-0.3, -0.25) is 4.79 Å². The van der Waals surface area contributed by atoms with Gasteiger partial charge in [0.05, 0.1) is 16.9 Å². The highest BCUT2D eigenvalue weighted by Crippen LogP contribution is 2.27. The quantitative estimate of drug-likeness (QED) is 0.679. The molecular weight excluding hydrogens is 291 g/mol. The zero-order valence-corrected chi connectivity index (χ0v) is 13.5. The molecule has 1 fully saturated rings. The van der Waals surface area contributed by atoms with Crippen LogP contribution in [0.1, 0.15) is 16.1 Å². The zero-order chi connectivity index (χ0) is 16.4. The van der Waals surface area contributed by atoms with E-state index in [1.54, 1.807) is 6.82 Å². The highest BCUT2D eigenvalue weighted by atomic mass is 16.2. The third-order valence-corrected chi connectivity index (χ3v) is 4.34. The Labute approximate surface area is 136 Å². The third kappa shape index (κ3) is 3.02. The van der Waals surface area contributed by atoms with Crippen molar-refractivity contribution >= 4 is 19.2 Å². The summed E-state index contributed by atoms with van der Waals surface area (Å²) >= 11 is 0. The number of nitrogens with zero attached hydrogens (tertiary/aromatic N) is 4. The molecule has 1 aliphatic heterocycles. The van der Waals surface area contributed by atoms with Crippen LogP contribution in [0.5, 0.6) is 0 Å². The molecule has 3 rings (SSSR count). The van der Waals surface area contributed by atoms with Gasteiger partial charge in [0.2, 0.25) is 0 Å². The molecule has 1 aromatic carbocycles. The molecule has 6 nitrogen and oxygen atoms in total. The van der Waals surface area contributed by atoms with E-state index < -0.39 is 7.05 Å². The van der Waals surface area contributed by atoms with Crippen molar-refractivity contribution in [3.05, 3.63) is 41.6 Å². The fourth-order valence-corrected chi connectivity index (χ4v) is 3.03. The molecule has 1 saturated heterocycles. The lowest BCUT2D eigenvalue weighted by atomic mass is 9.84. The molecule has 0 atom stereocenters. The predicted octanol–water partition coefficient (Wildman–Crippen LogP) is 1.23. The van der Waals surface area contributed by atoms with Crippen molar-refractivity contribution in [2.45, 2.75) is 13.7 Å². The van der Waals surface area contributed by atoms with E-state index in [1.165, 1.54) is 0 Å². The number of para-hydroxylation sites is 1. The van der Waals surface area contributed by atoms with Gasteiger partial charge in [-0.15, -0.1) is 0 Å². The Hall–Kier alpha value is -2.12. The van der Waals surface area contributed by atoms with Crippen LogP contribution >= 0.6 is 0 Å². The minimum Gasteiger partial charge on any atom is -0.437 e. The number of hydrogen-bond acceptors (Lipinski definition) is 5. The molecule has 0 saturated carbocycles. The van der Waals surface area contributed by atoms with Crippen molar-refractivity contribution in [1.29, 1.82) is 0 Å². The summed E-state index contributed by atoms with van der Waals surface area (Å²) in [4.78, 5) is 15.8. The standard InChI is InChI=1S/C16H21BN4O2/c1-13-15(12-22)16(19-8-10-20(11-9-19)17(2)23)21(18-13)14-6-4-3-5-7-14/h3-7,12,23H,8-11H2,1-2H3. The molecule has 23 heavy (non-hydrogen) atoms. The number of rotatable bonds is 4. The minimum atomic E-state index is -0.441. The van der Waals surface area contributed by atoms with Crippen LogP contribution in [0.4, 0.5) is 5.82 Å². The monoisotopic (exact) mass is 312 g/mol. The molecule has 0 radical (unpaired) electrons. The first-order chi connectivity index (χ1) is 11.1. The maximum Gasteiger partial charge on any atom is 0.376 e. The Bertz CT molecular complexity index is 679. The number of carbonyl (C=O) groups excluding carboxylic acids is 1. The van der Waals surface area contributed by atoms with E-state index in [0.29, 0.717) is 5.56 Å². The summed E-state index contributed by atoms with van der Waals surface area (Å²) in [5.41, 5.74) is 2.31. The van der Waals surface area contributed by atoms with E-state index >= 15 is 0 Å². The minimum absolute atomic E-state index is 0.441. The third-order valence-electron chi connectivity index (χ3n) is 4.34. The maximum atomic E-state index is 11.6. The summed E-state index contributed by atoms with van der Waals surface area (Å²) in [5, 5.41) is 14.3. The van der Waals surface area contributed by atoms with E-state index in [2.05, 4.69) is 10.00 Å². The van der Waals surface area contributed by atoms with Gasteiger partial charge >= 0.3 is 7.05 Å². The van der Waals surface area contributed by atoms with Crippen molar-refractivity contribution < 1.29 is 9.82 Å². The molecular formula is C16H21BN4O2. The fraction of sp³-hybridized carbons (Fsp3) is 0.375. The first kappa shape index (κ1) is 15.8. The van der Waals surface area contributed by atoms with Crippen molar-refractivity contribution in [1.82, 2.24) is 14.6 Å². The van der Waals surface area contributed by atoms with Crippen LogP contribution in [0.15, 0.2) is 30.3 Å². The van der Waals surface area contributed by atoms with Crippen LogP contribution in [-0.2, 0) is 0 Å². The Morgan fingerprint density at radius 3 is 2.39 bits per heavy atom. The second-order valence-corrected chi connectivity index (χ2v) is 5.84. The Morgan fingerprint density at radius 1 is 1.17 bits per heavy atom. The number of piperazine rings is 1. The highest BCUT2D eigenvalue weighted by Gasteiger charge is 2.27. The topological polar surface area (TPSA) is 61.6 Å². The van der Waals surface area contributed by atoms with Crippen LogP contribution in [-0.4, -0.2) is 59.1 Å². The Morgan fingerprint density at radius 2 is 1.83 bits per heavy atom. The number of aryl methyl sites for hydroxylation is 1. The van der Waals surface area contributed by atoms with Gasteiger partial charge in [0.15, 0.2) is 6.29 Å². The number of benzene rings is 1. The van der Waals surface area contributed by atoms with Crippen molar-refractivity contribution in [3.8, 4) is 5.69 Å². The molecule has 2 aromatic rings. The number of aromatic nitrogens is 2. The average Bonchev–Trinajstić information content (AvgIpc) is 2.92. The number of anilines is 1. The molecule has 0 unspecified atom stereocenters. The molecule has 0 amide bonds.